The number of hydrogen-bond donors (Lipinski definition) is 3. The van der Waals surface area contributed by atoms with Crippen LogP contribution in [0.15, 0.2) is 42.7 Å². The third-order valence-electron chi connectivity index (χ3n) is 3.03. The molecule has 1 aromatic carbocycles. The first-order chi connectivity index (χ1) is 11.1. The number of methoxy groups -OCH3 is 1. The molecule has 0 fully saturated rings. The van der Waals surface area contributed by atoms with E-state index in [0.717, 1.165) is 5.69 Å². The fraction of sp³-hybridized carbons (Fsp3) is 0.267. The van der Waals surface area contributed by atoms with E-state index in [4.69, 9.17) is 10.5 Å². The lowest BCUT2D eigenvalue weighted by Crippen LogP contribution is -2.45. The quantitative estimate of drug-likeness (QED) is 0.664. The molecule has 4 N–H and O–H groups in total. The van der Waals surface area contributed by atoms with Crippen molar-refractivity contribution in [2.75, 3.05) is 25.6 Å². The number of amides is 2. The fourth-order valence-electron chi connectivity index (χ4n) is 1.88. The van der Waals surface area contributed by atoms with Crippen LogP contribution in [0.4, 0.5) is 5.69 Å². The molecule has 130 valence electrons. The first-order valence-corrected chi connectivity index (χ1v) is 7.02. The Morgan fingerprint density at radius 1 is 1.33 bits per heavy atom. The van der Waals surface area contributed by atoms with Crippen molar-refractivity contribution < 1.29 is 14.3 Å². The number of nitrogens with two attached hydrogens (primary N) is 1. The van der Waals surface area contributed by atoms with Gasteiger partial charge in [0.05, 0.1) is 18.8 Å². The monoisotopic (exact) mass is 353 g/mol. The van der Waals surface area contributed by atoms with E-state index in [0.29, 0.717) is 5.69 Å². The van der Waals surface area contributed by atoms with Crippen molar-refractivity contribution in [1.82, 2.24) is 15.1 Å². The Morgan fingerprint density at radius 2 is 2.04 bits per heavy atom. The van der Waals surface area contributed by atoms with Gasteiger partial charge in [0.15, 0.2) is 0 Å². The van der Waals surface area contributed by atoms with Crippen LogP contribution in [-0.2, 0) is 14.3 Å². The predicted molar refractivity (Wildman–Crippen MR) is 92.3 cm³/mol. The van der Waals surface area contributed by atoms with Gasteiger partial charge in [-0.2, -0.15) is 5.10 Å². The van der Waals surface area contributed by atoms with E-state index in [-0.39, 0.29) is 31.5 Å². The number of nitrogens with zero attached hydrogens (tertiary/aromatic N) is 2. The van der Waals surface area contributed by atoms with Gasteiger partial charge in [-0.3, -0.25) is 9.59 Å². The maximum atomic E-state index is 11.8. The van der Waals surface area contributed by atoms with Crippen LogP contribution in [0.1, 0.15) is 0 Å². The van der Waals surface area contributed by atoms with Crippen LogP contribution in [0.2, 0.25) is 0 Å². The van der Waals surface area contributed by atoms with Crippen LogP contribution in [0.25, 0.3) is 5.69 Å². The maximum Gasteiger partial charge on any atom is 0.243 e. The Morgan fingerprint density at radius 3 is 2.62 bits per heavy atom. The molecular formula is C15H20ClN5O3. The minimum Gasteiger partial charge on any atom is -0.383 e. The highest BCUT2D eigenvalue weighted by molar-refractivity contribution is 5.95. The van der Waals surface area contributed by atoms with Crippen molar-refractivity contribution >= 4 is 29.9 Å². The van der Waals surface area contributed by atoms with Crippen molar-refractivity contribution in [2.45, 2.75) is 6.04 Å². The number of anilines is 1. The molecule has 1 unspecified atom stereocenters. The van der Waals surface area contributed by atoms with Crippen LogP contribution in [0.5, 0.6) is 0 Å². The topological polar surface area (TPSA) is 111 Å². The second-order valence-electron chi connectivity index (χ2n) is 4.83. The number of carbonyl (C=O) groups is 2. The van der Waals surface area contributed by atoms with Crippen LogP contribution in [0, 0.1) is 0 Å². The molecular weight excluding hydrogens is 334 g/mol. The number of rotatable bonds is 7. The first-order valence-electron chi connectivity index (χ1n) is 7.02. The summed E-state index contributed by atoms with van der Waals surface area (Å²) in [6, 6.07) is 8.21. The first kappa shape index (κ1) is 19.6. The van der Waals surface area contributed by atoms with E-state index in [2.05, 4.69) is 15.7 Å². The molecule has 0 bridgehead atoms. The zero-order valence-electron chi connectivity index (χ0n) is 13.1. The second kappa shape index (κ2) is 9.66. The molecule has 0 aliphatic carbocycles. The third kappa shape index (κ3) is 5.65. The van der Waals surface area contributed by atoms with Crippen molar-refractivity contribution in [3.63, 3.8) is 0 Å². The highest BCUT2D eigenvalue weighted by Crippen LogP contribution is 2.12. The average molecular weight is 354 g/mol. The summed E-state index contributed by atoms with van der Waals surface area (Å²) >= 11 is 0. The normalized spacial score (nSPS) is 11.2. The lowest BCUT2D eigenvalue weighted by atomic mass is 10.2. The van der Waals surface area contributed by atoms with Crippen LogP contribution < -0.4 is 16.4 Å². The van der Waals surface area contributed by atoms with Crippen molar-refractivity contribution in [2.24, 2.45) is 5.73 Å². The molecule has 1 heterocycles. The number of ether oxygens (including phenoxy) is 1. The van der Waals surface area contributed by atoms with Crippen LogP contribution in [0.3, 0.4) is 0 Å². The van der Waals surface area contributed by atoms with E-state index >= 15 is 0 Å². The number of benzene rings is 1. The molecule has 8 nitrogen and oxygen atoms in total. The van der Waals surface area contributed by atoms with Gasteiger partial charge in [0.2, 0.25) is 11.8 Å². The van der Waals surface area contributed by atoms with Gasteiger partial charge >= 0.3 is 0 Å². The van der Waals surface area contributed by atoms with Crippen LogP contribution in [-0.4, -0.2) is 47.9 Å². The summed E-state index contributed by atoms with van der Waals surface area (Å²) in [6.07, 6.45) is 3.51. The van der Waals surface area contributed by atoms with Gasteiger partial charge in [0.25, 0.3) is 0 Å². The lowest BCUT2D eigenvalue weighted by molar-refractivity contribution is -0.126. The molecule has 2 aromatic rings. The predicted octanol–water partition coefficient (Wildman–Crippen LogP) is 0.323. The largest absolute Gasteiger partial charge is 0.383 e. The van der Waals surface area contributed by atoms with E-state index in [1.54, 1.807) is 23.0 Å². The molecule has 1 atom stereocenters. The average Bonchev–Trinajstić information content (AvgIpc) is 3.08. The number of aromatic nitrogens is 2. The van der Waals surface area contributed by atoms with Crippen molar-refractivity contribution in [3.8, 4) is 5.69 Å². The minimum atomic E-state index is -0.791. The van der Waals surface area contributed by atoms with E-state index in [9.17, 15) is 9.59 Å². The molecule has 9 heteroatoms. The fourth-order valence-corrected chi connectivity index (χ4v) is 1.88. The lowest BCUT2D eigenvalue weighted by Gasteiger charge is -2.11. The highest BCUT2D eigenvalue weighted by Gasteiger charge is 2.13. The summed E-state index contributed by atoms with van der Waals surface area (Å²) < 4.78 is 6.49. The van der Waals surface area contributed by atoms with Crippen molar-refractivity contribution in [3.05, 3.63) is 42.7 Å². The Balaban J connectivity index is 0.00000288. The summed E-state index contributed by atoms with van der Waals surface area (Å²) in [5, 5.41) is 9.25. The summed E-state index contributed by atoms with van der Waals surface area (Å²) in [4.78, 5) is 23.4. The second-order valence-corrected chi connectivity index (χ2v) is 4.83. The van der Waals surface area contributed by atoms with Gasteiger partial charge in [-0.15, -0.1) is 12.4 Å². The SMILES string of the molecule is COCC(N)C(=O)NCC(=O)Nc1ccc(-n2cccn2)cc1.Cl. The smallest absolute Gasteiger partial charge is 0.243 e. The third-order valence-corrected chi connectivity index (χ3v) is 3.03. The van der Waals surface area contributed by atoms with Gasteiger partial charge in [-0.05, 0) is 30.3 Å². The molecule has 0 aliphatic rings. The van der Waals surface area contributed by atoms with E-state index in [1.165, 1.54) is 7.11 Å². The molecule has 0 aliphatic heterocycles. The summed E-state index contributed by atoms with van der Waals surface area (Å²) in [6.45, 7) is -0.0561. The molecule has 24 heavy (non-hydrogen) atoms. The molecule has 2 amide bonds. The summed E-state index contributed by atoms with van der Waals surface area (Å²) in [7, 11) is 1.45. The molecule has 0 saturated carbocycles. The van der Waals surface area contributed by atoms with Gasteiger partial charge in [-0.1, -0.05) is 0 Å². The molecule has 1 aromatic heterocycles. The zero-order chi connectivity index (χ0) is 16.7. The molecule has 0 radical (unpaired) electrons. The number of carbonyl (C=O) groups excluding carboxylic acids is 2. The van der Waals surface area contributed by atoms with Gasteiger partial charge in [0.1, 0.15) is 6.04 Å². The number of hydrogen-bond acceptors (Lipinski definition) is 5. The molecule has 0 spiro atoms. The summed E-state index contributed by atoms with van der Waals surface area (Å²) in [5.41, 5.74) is 7.06. The van der Waals surface area contributed by atoms with E-state index in [1.807, 2.05) is 24.4 Å². The Hall–Kier alpha value is -2.42. The highest BCUT2D eigenvalue weighted by atomic mass is 35.5. The minimum absolute atomic E-state index is 0. The van der Waals surface area contributed by atoms with Crippen LogP contribution >= 0.6 is 12.4 Å². The van der Waals surface area contributed by atoms with Gasteiger partial charge in [0, 0.05) is 25.2 Å². The van der Waals surface area contributed by atoms with Gasteiger partial charge < -0.3 is 21.1 Å². The molecule has 0 saturated heterocycles. The zero-order valence-corrected chi connectivity index (χ0v) is 14.0. The Labute approximate surface area is 145 Å². The molecule has 2 rings (SSSR count). The Bertz CT molecular complexity index is 646. The standard InChI is InChI=1S/C15H19N5O3.ClH/c1-23-10-13(16)15(22)17-9-14(21)19-11-3-5-12(6-4-11)20-8-2-7-18-20;/h2-8,13H,9-10,16H2,1H3,(H,17,22)(H,19,21);1H. The van der Waals surface area contributed by atoms with Gasteiger partial charge in [-0.25, -0.2) is 4.68 Å². The maximum absolute atomic E-state index is 11.8. The number of halogens is 1. The van der Waals surface area contributed by atoms with Crippen molar-refractivity contribution in [1.29, 1.82) is 0 Å². The van der Waals surface area contributed by atoms with E-state index < -0.39 is 11.9 Å². The Kier molecular flexibility index (Phi) is 7.90. The number of nitrogens with one attached hydrogen (secondary N) is 2. The summed E-state index contributed by atoms with van der Waals surface area (Å²) in [5.74, 6) is -0.772.